The minimum absolute atomic E-state index is 0.144. The number of pyridine rings is 1. The maximum absolute atomic E-state index is 12.7. The van der Waals surface area contributed by atoms with Gasteiger partial charge in [0.2, 0.25) is 5.91 Å². The molecule has 0 unspecified atom stereocenters. The van der Waals surface area contributed by atoms with Gasteiger partial charge in [-0.3, -0.25) is 19.3 Å². The molecule has 0 atom stereocenters. The molecule has 0 aliphatic heterocycles. The van der Waals surface area contributed by atoms with Gasteiger partial charge in [-0.25, -0.2) is 0 Å². The van der Waals surface area contributed by atoms with E-state index in [9.17, 15) is 9.59 Å². The van der Waals surface area contributed by atoms with Crippen molar-refractivity contribution in [2.75, 3.05) is 17.7 Å². The van der Waals surface area contributed by atoms with Gasteiger partial charge >= 0.3 is 0 Å². The molecule has 0 fully saturated rings. The topological polar surface area (TPSA) is 98.1 Å². The molecule has 2 N–H and O–H groups in total. The second-order valence-corrected chi connectivity index (χ2v) is 8.06. The Morgan fingerprint density at radius 1 is 1.16 bits per heavy atom. The lowest BCUT2D eigenvalue weighted by molar-refractivity contribution is -0.115. The Morgan fingerprint density at radius 3 is 2.59 bits per heavy atom. The van der Waals surface area contributed by atoms with Crippen LogP contribution in [0.2, 0.25) is 0 Å². The van der Waals surface area contributed by atoms with E-state index < -0.39 is 0 Å². The van der Waals surface area contributed by atoms with Crippen LogP contribution in [0.25, 0.3) is 0 Å². The molecule has 0 bridgehead atoms. The Morgan fingerprint density at radius 2 is 1.94 bits per heavy atom. The standard InChI is InChI=1S/C24H29N5O3/c1-15(2)14-29-17(4)20(16(3)28-29)12-23(30)26-19-8-9-21(22(11-19)32-5)27-24(31)18-7-6-10-25-13-18/h6-11,13,15H,12,14H2,1-5H3,(H,26,30)(H,27,31). The average molecular weight is 436 g/mol. The first kappa shape index (κ1) is 23.0. The number of methoxy groups -OCH3 is 1. The Bertz CT molecular complexity index is 1110. The number of hydrogen-bond donors (Lipinski definition) is 2. The fourth-order valence-corrected chi connectivity index (χ4v) is 3.44. The summed E-state index contributed by atoms with van der Waals surface area (Å²) in [7, 11) is 1.51. The smallest absolute Gasteiger partial charge is 0.257 e. The summed E-state index contributed by atoms with van der Waals surface area (Å²) in [6.45, 7) is 9.01. The quantitative estimate of drug-likeness (QED) is 0.557. The van der Waals surface area contributed by atoms with Gasteiger partial charge in [-0.15, -0.1) is 0 Å². The molecule has 0 radical (unpaired) electrons. The van der Waals surface area contributed by atoms with Crippen molar-refractivity contribution in [2.24, 2.45) is 5.92 Å². The molecule has 32 heavy (non-hydrogen) atoms. The second kappa shape index (κ2) is 10.1. The van der Waals surface area contributed by atoms with Crippen LogP contribution in [-0.2, 0) is 17.8 Å². The Balaban J connectivity index is 1.70. The molecule has 0 spiro atoms. The van der Waals surface area contributed by atoms with Gasteiger partial charge in [0, 0.05) is 41.9 Å². The third-order valence-corrected chi connectivity index (χ3v) is 5.06. The zero-order valence-electron chi connectivity index (χ0n) is 19.1. The van der Waals surface area contributed by atoms with E-state index in [4.69, 9.17) is 4.74 Å². The monoisotopic (exact) mass is 435 g/mol. The van der Waals surface area contributed by atoms with Crippen molar-refractivity contribution in [3.8, 4) is 5.75 Å². The highest BCUT2D eigenvalue weighted by Crippen LogP contribution is 2.28. The molecular formula is C24H29N5O3. The molecular weight excluding hydrogens is 406 g/mol. The molecule has 0 aliphatic rings. The van der Waals surface area contributed by atoms with Crippen LogP contribution in [0.4, 0.5) is 11.4 Å². The normalized spacial score (nSPS) is 10.8. The lowest BCUT2D eigenvalue weighted by atomic mass is 10.1. The van der Waals surface area contributed by atoms with Crippen molar-refractivity contribution in [3.05, 3.63) is 65.2 Å². The minimum atomic E-state index is -0.294. The zero-order chi connectivity index (χ0) is 23.3. The van der Waals surface area contributed by atoms with Crippen LogP contribution in [0.5, 0.6) is 5.75 Å². The number of nitrogens with zero attached hydrogens (tertiary/aromatic N) is 3. The van der Waals surface area contributed by atoms with E-state index in [1.807, 2.05) is 18.5 Å². The first-order valence-electron chi connectivity index (χ1n) is 10.5. The third-order valence-electron chi connectivity index (χ3n) is 5.06. The fraction of sp³-hybridized carbons (Fsp3) is 0.333. The lowest BCUT2D eigenvalue weighted by Crippen LogP contribution is -2.16. The van der Waals surface area contributed by atoms with Gasteiger partial charge in [-0.1, -0.05) is 13.8 Å². The molecule has 2 amide bonds. The second-order valence-electron chi connectivity index (χ2n) is 8.06. The van der Waals surface area contributed by atoms with Gasteiger partial charge in [-0.2, -0.15) is 5.10 Å². The molecule has 0 saturated carbocycles. The lowest BCUT2D eigenvalue weighted by Gasteiger charge is -2.13. The number of anilines is 2. The van der Waals surface area contributed by atoms with E-state index in [1.54, 1.807) is 36.5 Å². The molecule has 8 nitrogen and oxygen atoms in total. The Hall–Kier alpha value is -3.68. The number of amides is 2. The summed E-state index contributed by atoms with van der Waals surface area (Å²) in [6, 6.07) is 8.47. The van der Waals surface area contributed by atoms with E-state index in [1.165, 1.54) is 13.3 Å². The van der Waals surface area contributed by atoms with Crippen molar-refractivity contribution < 1.29 is 14.3 Å². The number of carbonyl (C=O) groups is 2. The number of ether oxygens (including phenoxy) is 1. The summed E-state index contributed by atoms with van der Waals surface area (Å²) in [6.07, 6.45) is 3.33. The van der Waals surface area contributed by atoms with Gasteiger partial charge < -0.3 is 15.4 Å². The number of carbonyl (C=O) groups excluding carboxylic acids is 2. The molecule has 2 aromatic heterocycles. The molecule has 3 aromatic rings. The van der Waals surface area contributed by atoms with Gasteiger partial charge in [0.15, 0.2) is 0 Å². The summed E-state index contributed by atoms with van der Waals surface area (Å²) in [5.74, 6) is 0.475. The maximum Gasteiger partial charge on any atom is 0.257 e. The van der Waals surface area contributed by atoms with E-state index in [-0.39, 0.29) is 18.2 Å². The number of aryl methyl sites for hydroxylation is 1. The number of aromatic nitrogens is 3. The van der Waals surface area contributed by atoms with Crippen LogP contribution in [0.3, 0.4) is 0 Å². The van der Waals surface area contributed by atoms with Crippen LogP contribution in [0.1, 0.15) is 41.2 Å². The third kappa shape index (κ3) is 5.51. The van der Waals surface area contributed by atoms with Gasteiger partial charge in [0.25, 0.3) is 5.91 Å². The summed E-state index contributed by atoms with van der Waals surface area (Å²) in [4.78, 5) is 29.0. The van der Waals surface area contributed by atoms with E-state index >= 15 is 0 Å². The summed E-state index contributed by atoms with van der Waals surface area (Å²) in [5.41, 5.74) is 4.34. The average Bonchev–Trinajstić information content (AvgIpc) is 3.02. The maximum atomic E-state index is 12.7. The Labute approximate surface area is 188 Å². The fourth-order valence-electron chi connectivity index (χ4n) is 3.44. The first-order valence-corrected chi connectivity index (χ1v) is 10.5. The predicted octanol–water partition coefficient (Wildman–Crippen LogP) is 3.99. The molecule has 8 heteroatoms. The molecule has 3 rings (SSSR count). The summed E-state index contributed by atoms with van der Waals surface area (Å²) >= 11 is 0. The van der Waals surface area contributed by atoms with E-state index in [2.05, 4.69) is 34.6 Å². The number of hydrogen-bond acceptors (Lipinski definition) is 5. The molecule has 0 aliphatic carbocycles. The van der Waals surface area contributed by atoms with Crippen LogP contribution < -0.4 is 15.4 Å². The molecule has 2 heterocycles. The van der Waals surface area contributed by atoms with Gasteiger partial charge in [-0.05, 0) is 44.0 Å². The highest BCUT2D eigenvalue weighted by Gasteiger charge is 2.17. The number of rotatable bonds is 8. The van der Waals surface area contributed by atoms with Gasteiger partial charge in [0.05, 0.1) is 30.5 Å². The predicted molar refractivity (Wildman–Crippen MR) is 124 cm³/mol. The first-order chi connectivity index (χ1) is 15.3. The minimum Gasteiger partial charge on any atom is -0.494 e. The largest absolute Gasteiger partial charge is 0.494 e. The number of nitrogens with one attached hydrogen (secondary N) is 2. The van der Waals surface area contributed by atoms with Crippen LogP contribution >= 0.6 is 0 Å². The van der Waals surface area contributed by atoms with Crippen molar-refractivity contribution in [3.63, 3.8) is 0 Å². The van der Waals surface area contributed by atoms with Crippen LogP contribution in [0.15, 0.2) is 42.7 Å². The van der Waals surface area contributed by atoms with Crippen molar-refractivity contribution in [1.29, 1.82) is 0 Å². The highest BCUT2D eigenvalue weighted by atomic mass is 16.5. The highest BCUT2D eigenvalue weighted by molar-refractivity contribution is 6.05. The van der Waals surface area contributed by atoms with Crippen LogP contribution in [0, 0.1) is 19.8 Å². The van der Waals surface area contributed by atoms with Crippen molar-refractivity contribution >= 4 is 23.2 Å². The summed E-state index contributed by atoms with van der Waals surface area (Å²) in [5, 5.41) is 10.3. The zero-order valence-corrected chi connectivity index (χ0v) is 19.1. The van der Waals surface area contributed by atoms with E-state index in [0.29, 0.717) is 28.6 Å². The van der Waals surface area contributed by atoms with Crippen molar-refractivity contribution in [1.82, 2.24) is 14.8 Å². The SMILES string of the molecule is COc1cc(NC(=O)Cc2c(C)nn(CC(C)C)c2C)ccc1NC(=O)c1cccnc1. The molecule has 1 aromatic carbocycles. The summed E-state index contributed by atoms with van der Waals surface area (Å²) < 4.78 is 7.37. The van der Waals surface area contributed by atoms with Crippen LogP contribution in [-0.4, -0.2) is 33.7 Å². The van der Waals surface area contributed by atoms with Crippen molar-refractivity contribution in [2.45, 2.75) is 40.7 Å². The molecule has 168 valence electrons. The van der Waals surface area contributed by atoms with E-state index in [0.717, 1.165) is 23.5 Å². The Kier molecular flexibility index (Phi) is 7.25. The number of benzene rings is 1. The molecule has 0 saturated heterocycles. The van der Waals surface area contributed by atoms with Gasteiger partial charge in [0.1, 0.15) is 5.75 Å².